The quantitative estimate of drug-likeness (QED) is 0.644. The summed E-state index contributed by atoms with van der Waals surface area (Å²) in [7, 11) is 5.50. The number of hydrogen-bond donors (Lipinski definition) is 1. The van der Waals surface area contributed by atoms with Crippen molar-refractivity contribution in [3.63, 3.8) is 0 Å². The molecule has 1 N–H and O–H groups in total. The molecular formula is C19H28N4O2. The van der Waals surface area contributed by atoms with Gasteiger partial charge in [-0.1, -0.05) is 30.3 Å². The second kappa shape index (κ2) is 8.55. The molecule has 1 unspecified atom stereocenters. The zero-order valence-electron chi connectivity index (χ0n) is 16.0. The van der Waals surface area contributed by atoms with E-state index in [0.717, 1.165) is 40.8 Å². The van der Waals surface area contributed by atoms with Gasteiger partial charge in [-0.05, 0) is 19.9 Å². The molecule has 136 valence electrons. The molecule has 0 aliphatic heterocycles. The number of guanidine groups is 1. The fourth-order valence-corrected chi connectivity index (χ4v) is 3.09. The fraction of sp³-hybridized carbons (Fsp3) is 0.474. The molecule has 0 radical (unpaired) electrons. The normalized spacial score (nSPS) is 12.8. The van der Waals surface area contributed by atoms with Crippen molar-refractivity contribution in [1.29, 1.82) is 0 Å². The van der Waals surface area contributed by atoms with Gasteiger partial charge in [0, 0.05) is 44.2 Å². The second-order valence-corrected chi connectivity index (χ2v) is 6.23. The number of ether oxygens (including phenoxy) is 1. The van der Waals surface area contributed by atoms with Crippen molar-refractivity contribution in [2.45, 2.75) is 33.2 Å². The lowest BCUT2D eigenvalue weighted by Crippen LogP contribution is -2.40. The van der Waals surface area contributed by atoms with E-state index in [-0.39, 0.29) is 5.92 Å². The Labute approximate surface area is 149 Å². The zero-order valence-corrected chi connectivity index (χ0v) is 16.0. The van der Waals surface area contributed by atoms with E-state index in [2.05, 4.69) is 33.4 Å². The molecule has 0 spiro atoms. The molecule has 0 aliphatic carbocycles. The predicted octanol–water partition coefficient (Wildman–Crippen LogP) is 3.11. The van der Waals surface area contributed by atoms with Crippen LogP contribution in [0.4, 0.5) is 0 Å². The van der Waals surface area contributed by atoms with Crippen molar-refractivity contribution in [2.75, 3.05) is 27.7 Å². The summed E-state index contributed by atoms with van der Waals surface area (Å²) in [6.45, 7) is 7.56. The Morgan fingerprint density at radius 2 is 2.08 bits per heavy atom. The molecule has 25 heavy (non-hydrogen) atoms. The zero-order chi connectivity index (χ0) is 18.4. The number of aliphatic imine (C=N–C) groups is 1. The molecule has 2 aromatic rings. The fourth-order valence-electron chi connectivity index (χ4n) is 3.09. The maximum atomic E-state index is 5.43. The number of methoxy groups -OCH3 is 1. The summed E-state index contributed by atoms with van der Waals surface area (Å²) < 4.78 is 10.7. The average molecular weight is 344 g/mol. The third-order valence-corrected chi connectivity index (χ3v) is 4.32. The van der Waals surface area contributed by atoms with E-state index in [1.54, 1.807) is 14.2 Å². The van der Waals surface area contributed by atoms with E-state index < -0.39 is 0 Å². The Hall–Kier alpha value is -2.50. The van der Waals surface area contributed by atoms with Crippen molar-refractivity contribution in [2.24, 2.45) is 4.99 Å². The molecule has 6 heteroatoms. The molecule has 1 heterocycles. The summed E-state index contributed by atoms with van der Waals surface area (Å²) in [5, 5.41) is 7.47. The summed E-state index contributed by atoms with van der Waals surface area (Å²) in [6.07, 6.45) is 0. The number of aryl methyl sites for hydroxylation is 2. The van der Waals surface area contributed by atoms with Gasteiger partial charge in [0.15, 0.2) is 5.96 Å². The van der Waals surface area contributed by atoms with Crippen LogP contribution in [0, 0.1) is 13.8 Å². The van der Waals surface area contributed by atoms with Crippen LogP contribution in [0.2, 0.25) is 0 Å². The third kappa shape index (κ3) is 4.53. The SMILES string of the molecule is CN=C(NCC(C)c1c(C)noc1C)N(C)Cc1ccccc1OC. The van der Waals surface area contributed by atoms with Crippen LogP contribution in [-0.2, 0) is 6.54 Å². The van der Waals surface area contributed by atoms with Crippen LogP contribution in [0.15, 0.2) is 33.8 Å². The number of rotatable bonds is 6. The van der Waals surface area contributed by atoms with Crippen molar-refractivity contribution in [3.8, 4) is 5.75 Å². The molecule has 6 nitrogen and oxygen atoms in total. The van der Waals surface area contributed by atoms with Gasteiger partial charge in [-0.2, -0.15) is 0 Å². The monoisotopic (exact) mass is 344 g/mol. The molecule has 1 aromatic heterocycles. The van der Waals surface area contributed by atoms with E-state index in [9.17, 15) is 0 Å². The number of hydrogen-bond acceptors (Lipinski definition) is 4. The number of nitrogens with zero attached hydrogens (tertiary/aromatic N) is 3. The summed E-state index contributed by atoms with van der Waals surface area (Å²) >= 11 is 0. The molecule has 1 atom stereocenters. The van der Waals surface area contributed by atoms with Gasteiger partial charge < -0.3 is 19.5 Å². The lowest BCUT2D eigenvalue weighted by Gasteiger charge is -2.24. The van der Waals surface area contributed by atoms with Crippen LogP contribution >= 0.6 is 0 Å². The average Bonchev–Trinajstić information content (AvgIpc) is 2.94. The predicted molar refractivity (Wildman–Crippen MR) is 100 cm³/mol. The molecule has 0 aliphatic rings. The summed E-state index contributed by atoms with van der Waals surface area (Å²) in [5.74, 6) is 2.88. The largest absolute Gasteiger partial charge is 0.496 e. The van der Waals surface area contributed by atoms with Gasteiger partial charge in [0.05, 0.1) is 12.8 Å². The minimum absolute atomic E-state index is 0.280. The Kier molecular flexibility index (Phi) is 6.44. The summed E-state index contributed by atoms with van der Waals surface area (Å²) in [6, 6.07) is 8.02. The first kappa shape index (κ1) is 18.8. The van der Waals surface area contributed by atoms with E-state index >= 15 is 0 Å². The summed E-state index contributed by atoms with van der Waals surface area (Å²) in [5.41, 5.74) is 3.23. The first-order valence-corrected chi connectivity index (χ1v) is 8.44. The molecule has 1 aromatic carbocycles. The molecule has 0 saturated carbocycles. The highest BCUT2D eigenvalue weighted by Gasteiger charge is 2.17. The highest BCUT2D eigenvalue weighted by atomic mass is 16.5. The summed E-state index contributed by atoms with van der Waals surface area (Å²) in [4.78, 5) is 6.47. The lowest BCUT2D eigenvalue weighted by molar-refractivity contribution is 0.391. The van der Waals surface area contributed by atoms with Crippen LogP contribution in [0.5, 0.6) is 5.75 Å². The van der Waals surface area contributed by atoms with E-state index in [1.807, 2.05) is 39.1 Å². The maximum Gasteiger partial charge on any atom is 0.193 e. The van der Waals surface area contributed by atoms with Crippen molar-refractivity contribution >= 4 is 5.96 Å². The third-order valence-electron chi connectivity index (χ3n) is 4.32. The number of nitrogens with one attached hydrogen (secondary N) is 1. The number of aromatic nitrogens is 1. The Bertz CT molecular complexity index is 704. The number of benzene rings is 1. The Balaban J connectivity index is 2.00. The van der Waals surface area contributed by atoms with Gasteiger partial charge in [-0.15, -0.1) is 0 Å². The maximum absolute atomic E-state index is 5.43. The second-order valence-electron chi connectivity index (χ2n) is 6.23. The Morgan fingerprint density at radius 3 is 2.68 bits per heavy atom. The molecular weight excluding hydrogens is 316 g/mol. The minimum atomic E-state index is 0.280. The molecule has 0 saturated heterocycles. The van der Waals surface area contributed by atoms with Crippen LogP contribution in [0.3, 0.4) is 0 Å². The van der Waals surface area contributed by atoms with E-state index in [4.69, 9.17) is 9.26 Å². The van der Waals surface area contributed by atoms with Crippen molar-refractivity contribution in [3.05, 3.63) is 46.8 Å². The first-order chi connectivity index (χ1) is 12.0. The molecule has 0 bridgehead atoms. The standard InChI is InChI=1S/C19H28N4O2/c1-13(18-14(2)22-25-15(18)3)11-21-19(20-4)23(5)12-16-9-7-8-10-17(16)24-6/h7-10,13H,11-12H2,1-6H3,(H,20,21). The first-order valence-electron chi connectivity index (χ1n) is 8.44. The molecule has 0 fully saturated rings. The van der Waals surface area contributed by atoms with E-state index in [1.165, 1.54) is 0 Å². The van der Waals surface area contributed by atoms with Gasteiger partial charge in [-0.25, -0.2) is 0 Å². The van der Waals surface area contributed by atoms with Gasteiger partial charge in [0.1, 0.15) is 11.5 Å². The highest BCUT2D eigenvalue weighted by Crippen LogP contribution is 2.22. The highest BCUT2D eigenvalue weighted by molar-refractivity contribution is 5.79. The van der Waals surface area contributed by atoms with Crippen molar-refractivity contribution < 1.29 is 9.26 Å². The minimum Gasteiger partial charge on any atom is -0.496 e. The van der Waals surface area contributed by atoms with Gasteiger partial charge in [-0.3, -0.25) is 4.99 Å². The smallest absolute Gasteiger partial charge is 0.193 e. The van der Waals surface area contributed by atoms with Crippen LogP contribution < -0.4 is 10.1 Å². The topological polar surface area (TPSA) is 62.9 Å². The molecule has 2 rings (SSSR count). The van der Waals surface area contributed by atoms with E-state index in [0.29, 0.717) is 6.54 Å². The van der Waals surface area contributed by atoms with Gasteiger partial charge in [0.25, 0.3) is 0 Å². The van der Waals surface area contributed by atoms with Crippen LogP contribution in [0.1, 0.15) is 35.4 Å². The van der Waals surface area contributed by atoms with Crippen LogP contribution in [0.25, 0.3) is 0 Å². The van der Waals surface area contributed by atoms with Crippen molar-refractivity contribution in [1.82, 2.24) is 15.4 Å². The molecule has 0 amide bonds. The Morgan fingerprint density at radius 1 is 1.36 bits per heavy atom. The van der Waals surface area contributed by atoms with Gasteiger partial charge in [0.2, 0.25) is 0 Å². The number of para-hydroxylation sites is 1. The van der Waals surface area contributed by atoms with Crippen LogP contribution in [-0.4, -0.2) is 43.8 Å². The lowest BCUT2D eigenvalue weighted by atomic mass is 10.00. The van der Waals surface area contributed by atoms with Gasteiger partial charge >= 0.3 is 0 Å².